The summed E-state index contributed by atoms with van der Waals surface area (Å²) in [6.45, 7) is 1.92. The molecule has 0 saturated carbocycles. The Labute approximate surface area is 200 Å². The molecular weight excluding hydrogens is 454 g/mol. The first-order valence-corrected chi connectivity index (χ1v) is 11.0. The van der Waals surface area contributed by atoms with E-state index in [4.69, 9.17) is 20.8 Å². The second-order valence-electron chi connectivity index (χ2n) is 8.05. The quantitative estimate of drug-likeness (QED) is 0.350. The van der Waals surface area contributed by atoms with Gasteiger partial charge in [-0.15, -0.1) is 0 Å². The van der Waals surface area contributed by atoms with Crippen LogP contribution in [0.3, 0.4) is 0 Å². The maximum Gasteiger partial charge on any atom is 0.294 e. The van der Waals surface area contributed by atoms with Gasteiger partial charge in [-0.2, -0.15) is 0 Å². The lowest BCUT2D eigenvalue weighted by Crippen LogP contribution is -2.31. The summed E-state index contributed by atoms with van der Waals surface area (Å²) >= 11 is 6.04. The van der Waals surface area contributed by atoms with Crippen LogP contribution in [0, 0.1) is 6.92 Å². The number of para-hydroxylation sites is 1. The largest absolute Gasteiger partial charge is 0.503 e. The minimum atomic E-state index is -0.851. The summed E-state index contributed by atoms with van der Waals surface area (Å²) in [5.74, 6) is -1.38. The number of furan rings is 1. The first kappa shape index (κ1) is 21.8. The third kappa shape index (κ3) is 3.53. The maximum absolute atomic E-state index is 13.7. The molecule has 0 fully saturated rings. The molecule has 4 aromatic rings. The average Bonchev–Trinajstić information content (AvgIpc) is 3.39. The summed E-state index contributed by atoms with van der Waals surface area (Å²) in [7, 11) is 1.51. The Balaban J connectivity index is 1.67. The van der Waals surface area contributed by atoms with E-state index in [1.807, 2.05) is 31.2 Å². The van der Waals surface area contributed by atoms with Crippen molar-refractivity contribution in [3.8, 4) is 5.75 Å². The zero-order valence-electron chi connectivity index (χ0n) is 18.4. The lowest BCUT2D eigenvalue weighted by molar-refractivity contribution is -0.117. The monoisotopic (exact) mass is 473 g/mol. The molecule has 170 valence electrons. The fraction of sp³-hybridized carbons (Fsp3) is 0.111. The molecular formula is C27H20ClNO5. The lowest BCUT2D eigenvalue weighted by Gasteiger charge is -2.27. The van der Waals surface area contributed by atoms with Crippen LogP contribution in [-0.2, 0) is 4.79 Å². The summed E-state index contributed by atoms with van der Waals surface area (Å²) in [6, 6.07) is 20.2. The van der Waals surface area contributed by atoms with E-state index in [9.17, 15) is 14.7 Å². The number of hydrogen-bond donors (Lipinski definition) is 1. The van der Waals surface area contributed by atoms with Crippen LogP contribution in [0.4, 0.5) is 5.69 Å². The van der Waals surface area contributed by atoms with E-state index in [0.29, 0.717) is 33.0 Å². The van der Waals surface area contributed by atoms with E-state index >= 15 is 0 Å². The molecule has 0 saturated heterocycles. The molecule has 6 nitrogen and oxygen atoms in total. The van der Waals surface area contributed by atoms with Gasteiger partial charge in [0.1, 0.15) is 0 Å². The molecule has 34 heavy (non-hydrogen) atoms. The fourth-order valence-electron chi connectivity index (χ4n) is 4.30. The van der Waals surface area contributed by atoms with Crippen molar-refractivity contribution in [2.24, 2.45) is 0 Å². The number of aryl methyl sites for hydroxylation is 1. The highest BCUT2D eigenvalue weighted by Gasteiger charge is 2.45. The van der Waals surface area contributed by atoms with Gasteiger partial charge in [-0.3, -0.25) is 14.5 Å². The van der Waals surface area contributed by atoms with E-state index in [1.165, 1.54) is 12.0 Å². The number of ether oxygens (including phenoxy) is 1. The molecule has 0 spiro atoms. The number of benzene rings is 3. The number of Topliss-reactive ketones (excluding diaryl/α,β-unsaturated/α-hetero) is 1. The van der Waals surface area contributed by atoms with Gasteiger partial charge in [0.25, 0.3) is 5.91 Å². The van der Waals surface area contributed by atoms with Crippen LogP contribution in [-0.4, -0.2) is 23.9 Å². The Bertz CT molecular complexity index is 1470. The zero-order chi connectivity index (χ0) is 24.0. The predicted molar refractivity (Wildman–Crippen MR) is 130 cm³/mol. The molecule has 0 bridgehead atoms. The predicted octanol–water partition coefficient (Wildman–Crippen LogP) is 6.19. The van der Waals surface area contributed by atoms with Gasteiger partial charge >= 0.3 is 0 Å². The smallest absolute Gasteiger partial charge is 0.294 e. The van der Waals surface area contributed by atoms with Crippen LogP contribution in [0.25, 0.3) is 11.0 Å². The number of aliphatic hydroxyl groups excluding tert-OH is 1. The van der Waals surface area contributed by atoms with Crippen LogP contribution in [0.15, 0.2) is 88.5 Å². The molecule has 1 aliphatic rings. The summed E-state index contributed by atoms with van der Waals surface area (Å²) in [5, 5.41) is 12.1. The van der Waals surface area contributed by atoms with Crippen LogP contribution in [0.1, 0.15) is 27.7 Å². The second-order valence-corrected chi connectivity index (χ2v) is 8.49. The summed E-state index contributed by atoms with van der Waals surface area (Å²) < 4.78 is 11.2. The molecule has 0 radical (unpaired) electrons. The Hall–Kier alpha value is -4.03. The number of anilines is 1. The van der Waals surface area contributed by atoms with E-state index < -0.39 is 23.5 Å². The lowest BCUT2D eigenvalue weighted by atomic mass is 9.94. The van der Waals surface area contributed by atoms with Gasteiger partial charge in [0.15, 0.2) is 22.9 Å². The van der Waals surface area contributed by atoms with Crippen LogP contribution in [0.5, 0.6) is 5.75 Å². The van der Waals surface area contributed by atoms with Gasteiger partial charge < -0.3 is 14.3 Å². The molecule has 2 heterocycles. The van der Waals surface area contributed by atoms with Crippen molar-refractivity contribution >= 4 is 39.9 Å². The molecule has 1 amide bonds. The first-order valence-electron chi connectivity index (χ1n) is 10.6. The van der Waals surface area contributed by atoms with Crippen molar-refractivity contribution in [3.05, 3.63) is 106 Å². The summed E-state index contributed by atoms with van der Waals surface area (Å²) in [5.41, 5.74) is 2.50. The highest BCUT2D eigenvalue weighted by atomic mass is 35.5. The number of carbonyl (C=O) groups excluding carboxylic acids is 2. The first-order chi connectivity index (χ1) is 16.4. The number of methoxy groups -OCH3 is 1. The third-order valence-electron chi connectivity index (χ3n) is 5.87. The number of amides is 1. The van der Waals surface area contributed by atoms with E-state index in [0.717, 1.165) is 5.56 Å². The van der Waals surface area contributed by atoms with E-state index in [-0.39, 0.29) is 11.3 Å². The Morgan fingerprint density at radius 3 is 2.50 bits per heavy atom. The number of fused-ring (bicyclic) bond motifs is 1. The van der Waals surface area contributed by atoms with E-state index in [1.54, 1.807) is 48.5 Å². The Kier molecular flexibility index (Phi) is 5.38. The standard InChI is InChI=1S/C27H20ClNO5/c1-15-5-3-6-16(13-15)23-22(25(31)27(32)29(23)19-11-9-18(28)10-12-19)24(30)21-14-17-7-4-8-20(33-2)26(17)34-21/h3-14,23,31H,1-2H3. The number of nitrogens with zero attached hydrogens (tertiary/aromatic N) is 1. The Morgan fingerprint density at radius 1 is 1.06 bits per heavy atom. The molecule has 1 atom stereocenters. The number of carbonyl (C=O) groups is 2. The molecule has 1 aliphatic heterocycles. The van der Waals surface area contributed by atoms with Crippen LogP contribution in [0.2, 0.25) is 5.02 Å². The zero-order valence-corrected chi connectivity index (χ0v) is 19.2. The number of aliphatic hydroxyl groups is 1. The Morgan fingerprint density at radius 2 is 1.79 bits per heavy atom. The number of rotatable bonds is 5. The SMILES string of the molecule is COc1cccc2cc(C(=O)C3=C(O)C(=O)N(c4ccc(Cl)cc4)C3c3cccc(C)c3)oc12. The highest BCUT2D eigenvalue weighted by molar-refractivity contribution is 6.30. The minimum absolute atomic E-state index is 0.00413. The maximum atomic E-state index is 13.7. The van der Waals surface area contributed by atoms with Crippen LogP contribution >= 0.6 is 11.6 Å². The fourth-order valence-corrected chi connectivity index (χ4v) is 4.43. The average molecular weight is 474 g/mol. The molecule has 1 N–H and O–H groups in total. The number of halogens is 1. The van der Waals surface area contributed by atoms with Crippen molar-refractivity contribution in [1.29, 1.82) is 0 Å². The van der Waals surface area contributed by atoms with E-state index in [2.05, 4.69) is 0 Å². The van der Waals surface area contributed by atoms with Crippen molar-refractivity contribution in [1.82, 2.24) is 0 Å². The molecule has 1 unspecified atom stereocenters. The molecule has 1 aromatic heterocycles. The van der Waals surface area contributed by atoms with Crippen molar-refractivity contribution in [2.75, 3.05) is 12.0 Å². The van der Waals surface area contributed by atoms with Gasteiger partial charge in [-0.05, 0) is 48.9 Å². The number of ketones is 1. The molecule has 3 aromatic carbocycles. The number of hydrogen-bond acceptors (Lipinski definition) is 5. The van der Waals surface area contributed by atoms with Gasteiger partial charge in [-0.25, -0.2) is 0 Å². The van der Waals surface area contributed by atoms with Gasteiger partial charge in [0, 0.05) is 16.1 Å². The van der Waals surface area contributed by atoms with Crippen LogP contribution < -0.4 is 9.64 Å². The van der Waals surface area contributed by atoms with Crippen molar-refractivity contribution in [2.45, 2.75) is 13.0 Å². The van der Waals surface area contributed by atoms with Gasteiger partial charge in [0.2, 0.25) is 5.78 Å². The molecule has 0 aliphatic carbocycles. The minimum Gasteiger partial charge on any atom is -0.503 e. The van der Waals surface area contributed by atoms with Crippen molar-refractivity contribution < 1.29 is 23.8 Å². The van der Waals surface area contributed by atoms with Crippen molar-refractivity contribution in [3.63, 3.8) is 0 Å². The third-order valence-corrected chi connectivity index (χ3v) is 6.12. The molecule has 5 rings (SSSR count). The van der Waals surface area contributed by atoms with Gasteiger partial charge in [-0.1, -0.05) is 53.6 Å². The molecule has 7 heteroatoms. The second kappa shape index (κ2) is 8.39. The topological polar surface area (TPSA) is 80.0 Å². The summed E-state index contributed by atoms with van der Waals surface area (Å²) in [4.78, 5) is 28.4. The van der Waals surface area contributed by atoms with Gasteiger partial charge in [0.05, 0.1) is 18.7 Å². The highest BCUT2D eigenvalue weighted by Crippen LogP contribution is 2.43. The summed E-state index contributed by atoms with van der Waals surface area (Å²) in [6.07, 6.45) is 0. The normalized spacial score (nSPS) is 15.9.